The highest BCUT2D eigenvalue weighted by molar-refractivity contribution is 6.33. The Balaban J connectivity index is 3.05. The molecule has 18 heavy (non-hydrogen) atoms. The molecule has 0 aromatic heterocycles. The van der Waals surface area contributed by atoms with Crippen molar-refractivity contribution in [3.8, 4) is 0 Å². The minimum atomic E-state index is 0.0636. The average Bonchev–Trinajstić information content (AvgIpc) is 2.38. The van der Waals surface area contributed by atoms with Crippen LogP contribution < -0.4 is 10.6 Å². The van der Waals surface area contributed by atoms with E-state index in [1.165, 1.54) is 0 Å². The molecule has 0 aliphatic rings. The topological polar surface area (TPSA) is 61.8 Å². The number of anilines is 1. The van der Waals surface area contributed by atoms with E-state index in [0.29, 0.717) is 16.6 Å². The Kier molecular flexibility index (Phi) is 5.28. The summed E-state index contributed by atoms with van der Waals surface area (Å²) in [5.74, 6) is 0.0636. The molecule has 0 bridgehead atoms. The van der Waals surface area contributed by atoms with Crippen LogP contribution in [0.3, 0.4) is 0 Å². The van der Waals surface area contributed by atoms with E-state index in [1.807, 2.05) is 13.1 Å². The second-order valence-corrected chi connectivity index (χ2v) is 4.64. The van der Waals surface area contributed by atoms with Crippen LogP contribution in [0.1, 0.15) is 32.3 Å². The summed E-state index contributed by atoms with van der Waals surface area (Å²) in [5, 5.41) is 12.2. The van der Waals surface area contributed by atoms with Crippen LogP contribution in [0.15, 0.2) is 23.4 Å². The van der Waals surface area contributed by atoms with Crippen molar-refractivity contribution in [1.82, 2.24) is 0 Å². The molecule has 0 saturated carbocycles. The van der Waals surface area contributed by atoms with Crippen molar-refractivity contribution in [3.63, 3.8) is 0 Å². The van der Waals surface area contributed by atoms with E-state index >= 15 is 0 Å². The lowest BCUT2D eigenvalue weighted by atomic mass is 10.1. The molecule has 0 fully saturated rings. The number of rotatable bonds is 5. The highest BCUT2D eigenvalue weighted by Crippen LogP contribution is 2.28. The lowest BCUT2D eigenvalue weighted by Crippen LogP contribution is -2.30. The summed E-state index contributed by atoms with van der Waals surface area (Å²) >= 11 is 6.25. The Morgan fingerprint density at radius 1 is 1.44 bits per heavy atom. The molecular formula is C13H20ClN3O. The molecule has 0 aliphatic heterocycles. The first-order valence-corrected chi connectivity index (χ1v) is 6.43. The number of nitrogens with zero attached hydrogens (tertiary/aromatic N) is 2. The molecule has 4 nitrogen and oxygen atoms in total. The van der Waals surface area contributed by atoms with Crippen LogP contribution in [0.5, 0.6) is 0 Å². The van der Waals surface area contributed by atoms with E-state index in [4.69, 9.17) is 22.5 Å². The molecule has 0 aliphatic carbocycles. The van der Waals surface area contributed by atoms with Crippen LogP contribution in [0, 0.1) is 0 Å². The zero-order valence-corrected chi connectivity index (χ0v) is 11.8. The Bertz CT molecular complexity index is 430. The summed E-state index contributed by atoms with van der Waals surface area (Å²) in [4.78, 5) is 2.17. The van der Waals surface area contributed by atoms with Crippen LogP contribution in [0.2, 0.25) is 5.02 Å². The summed E-state index contributed by atoms with van der Waals surface area (Å²) in [6.45, 7) is 4.31. The minimum absolute atomic E-state index is 0.0636. The number of hydrogen-bond donors (Lipinski definition) is 2. The predicted octanol–water partition coefficient (Wildman–Crippen LogP) is 3.06. The Morgan fingerprint density at radius 3 is 2.50 bits per heavy atom. The summed E-state index contributed by atoms with van der Waals surface area (Å²) in [6, 6.07) is 5.87. The van der Waals surface area contributed by atoms with Gasteiger partial charge < -0.3 is 15.8 Å². The quantitative estimate of drug-likeness (QED) is 0.374. The molecule has 1 aromatic rings. The van der Waals surface area contributed by atoms with Crippen molar-refractivity contribution in [2.24, 2.45) is 10.9 Å². The molecule has 0 spiro atoms. The van der Waals surface area contributed by atoms with Crippen LogP contribution >= 0.6 is 11.6 Å². The fourth-order valence-electron chi connectivity index (χ4n) is 2.04. The number of amidine groups is 1. The summed E-state index contributed by atoms with van der Waals surface area (Å²) in [6.07, 6.45) is 2.12. The van der Waals surface area contributed by atoms with Gasteiger partial charge in [0, 0.05) is 18.7 Å². The van der Waals surface area contributed by atoms with Crippen LogP contribution in [-0.2, 0) is 0 Å². The lowest BCUT2D eigenvalue weighted by Gasteiger charge is -2.29. The zero-order valence-electron chi connectivity index (χ0n) is 11.0. The van der Waals surface area contributed by atoms with Crippen LogP contribution in [-0.4, -0.2) is 24.1 Å². The van der Waals surface area contributed by atoms with Crippen molar-refractivity contribution in [1.29, 1.82) is 0 Å². The monoisotopic (exact) mass is 269 g/mol. The van der Waals surface area contributed by atoms with Gasteiger partial charge in [0.1, 0.15) is 0 Å². The van der Waals surface area contributed by atoms with E-state index < -0.39 is 0 Å². The van der Waals surface area contributed by atoms with Crippen LogP contribution in [0.4, 0.5) is 5.69 Å². The summed E-state index contributed by atoms with van der Waals surface area (Å²) in [7, 11) is 2.03. The molecule has 100 valence electrons. The van der Waals surface area contributed by atoms with Crippen molar-refractivity contribution in [2.75, 3.05) is 11.9 Å². The van der Waals surface area contributed by atoms with E-state index in [9.17, 15) is 0 Å². The van der Waals surface area contributed by atoms with Gasteiger partial charge in [0.15, 0.2) is 5.84 Å². The van der Waals surface area contributed by atoms with E-state index in [2.05, 4.69) is 23.9 Å². The minimum Gasteiger partial charge on any atom is -0.409 e. The third kappa shape index (κ3) is 3.07. The van der Waals surface area contributed by atoms with E-state index in [1.54, 1.807) is 12.1 Å². The van der Waals surface area contributed by atoms with Crippen molar-refractivity contribution in [2.45, 2.75) is 32.7 Å². The maximum Gasteiger partial charge on any atom is 0.170 e. The van der Waals surface area contributed by atoms with Crippen molar-refractivity contribution >= 4 is 23.1 Å². The highest BCUT2D eigenvalue weighted by atomic mass is 35.5. The molecule has 5 heteroatoms. The predicted molar refractivity (Wildman–Crippen MR) is 76.7 cm³/mol. The maximum absolute atomic E-state index is 8.63. The fraction of sp³-hybridized carbons (Fsp3) is 0.462. The van der Waals surface area contributed by atoms with E-state index in [0.717, 1.165) is 18.5 Å². The molecule has 0 amide bonds. The number of benzene rings is 1. The number of nitrogens with two attached hydrogens (primary N) is 1. The summed E-state index contributed by atoms with van der Waals surface area (Å²) < 4.78 is 0. The molecule has 0 heterocycles. The van der Waals surface area contributed by atoms with Gasteiger partial charge in [-0.25, -0.2) is 0 Å². The average molecular weight is 270 g/mol. The zero-order chi connectivity index (χ0) is 13.7. The first kappa shape index (κ1) is 14.6. The highest BCUT2D eigenvalue weighted by Gasteiger charge is 2.14. The van der Waals surface area contributed by atoms with Gasteiger partial charge in [0.05, 0.1) is 10.7 Å². The maximum atomic E-state index is 8.63. The van der Waals surface area contributed by atoms with Gasteiger partial charge in [-0.2, -0.15) is 0 Å². The molecule has 3 N–H and O–H groups in total. The van der Waals surface area contributed by atoms with Gasteiger partial charge >= 0.3 is 0 Å². The molecule has 0 radical (unpaired) electrons. The molecule has 1 aromatic carbocycles. The van der Waals surface area contributed by atoms with Gasteiger partial charge in [-0.05, 0) is 31.0 Å². The number of hydrogen-bond acceptors (Lipinski definition) is 3. The molecular weight excluding hydrogens is 250 g/mol. The smallest absolute Gasteiger partial charge is 0.170 e. The molecule has 0 saturated heterocycles. The van der Waals surface area contributed by atoms with Crippen molar-refractivity contribution in [3.05, 3.63) is 28.8 Å². The van der Waals surface area contributed by atoms with Crippen LogP contribution in [0.25, 0.3) is 0 Å². The van der Waals surface area contributed by atoms with Gasteiger partial charge in [-0.3, -0.25) is 0 Å². The second-order valence-electron chi connectivity index (χ2n) is 4.23. The second kappa shape index (κ2) is 6.50. The summed E-state index contributed by atoms with van der Waals surface area (Å²) in [5.41, 5.74) is 7.10. The Hall–Kier alpha value is -1.42. The van der Waals surface area contributed by atoms with Gasteiger partial charge in [-0.1, -0.05) is 30.6 Å². The first-order chi connectivity index (χ1) is 8.54. The molecule has 0 unspecified atom stereocenters. The third-order valence-corrected chi connectivity index (χ3v) is 3.52. The van der Waals surface area contributed by atoms with E-state index in [-0.39, 0.29) is 5.84 Å². The standard InChI is InChI=1S/C13H20ClN3O/c1-4-10(5-2)17(3)12-7-6-9(8-11(12)14)13(15)16-18/h6-8,10,18H,4-5H2,1-3H3,(H2,15,16). The first-order valence-electron chi connectivity index (χ1n) is 6.05. The Morgan fingerprint density at radius 2 is 2.06 bits per heavy atom. The fourth-order valence-corrected chi connectivity index (χ4v) is 2.36. The van der Waals surface area contributed by atoms with Gasteiger partial charge in [0.2, 0.25) is 0 Å². The number of oxime groups is 1. The Labute approximate surface area is 113 Å². The normalized spacial score (nSPS) is 11.9. The largest absolute Gasteiger partial charge is 0.409 e. The van der Waals surface area contributed by atoms with Crippen molar-refractivity contribution < 1.29 is 5.21 Å². The SMILES string of the molecule is CCC(CC)N(C)c1ccc(C(N)=NO)cc1Cl. The van der Waals surface area contributed by atoms with Gasteiger partial charge in [-0.15, -0.1) is 0 Å². The van der Waals surface area contributed by atoms with Gasteiger partial charge in [0.25, 0.3) is 0 Å². The third-order valence-electron chi connectivity index (χ3n) is 3.22. The number of halogens is 1. The molecule has 0 atom stereocenters. The molecule has 1 rings (SSSR count). The lowest BCUT2D eigenvalue weighted by molar-refractivity contribution is 0.318.